The minimum absolute atomic E-state index is 0.0138. The van der Waals surface area contributed by atoms with E-state index in [1.165, 1.54) is 17.0 Å². The van der Waals surface area contributed by atoms with Crippen LogP contribution in [0.25, 0.3) is 0 Å². The van der Waals surface area contributed by atoms with Crippen LogP contribution in [0, 0.1) is 5.92 Å². The standard InChI is InChI=1S/C16H21N5OS/c1-11-5-6-12-13(10-11)23-16(20-12)21-14(22)4-2-7-17-15-18-8-3-9-19-15/h3,8-9,11H,2,4-7,10H2,1H3,(H,17,18,19)(H,20,21,22)/t11-/m1/s1. The first kappa shape index (κ1) is 15.9. The maximum atomic E-state index is 12.0. The molecule has 1 aliphatic rings. The van der Waals surface area contributed by atoms with E-state index in [4.69, 9.17) is 0 Å². The minimum atomic E-state index is 0.0138. The number of hydrogen-bond donors (Lipinski definition) is 2. The van der Waals surface area contributed by atoms with Crippen LogP contribution >= 0.6 is 11.3 Å². The molecule has 0 radical (unpaired) electrons. The summed E-state index contributed by atoms with van der Waals surface area (Å²) in [4.78, 5) is 26.0. The lowest BCUT2D eigenvalue weighted by atomic mass is 9.93. The zero-order valence-electron chi connectivity index (χ0n) is 13.2. The van der Waals surface area contributed by atoms with Gasteiger partial charge in [-0.15, -0.1) is 11.3 Å². The van der Waals surface area contributed by atoms with Crippen molar-refractivity contribution in [3.63, 3.8) is 0 Å². The van der Waals surface area contributed by atoms with Crippen molar-refractivity contribution in [3.8, 4) is 0 Å². The smallest absolute Gasteiger partial charge is 0.226 e. The molecular weight excluding hydrogens is 310 g/mol. The fourth-order valence-corrected chi connectivity index (χ4v) is 3.80. The monoisotopic (exact) mass is 331 g/mol. The summed E-state index contributed by atoms with van der Waals surface area (Å²) in [6.45, 7) is 2.94. The molecule has 0 aromatic carbocycles. The number of fused-ring (bicyclic) bond motifs is 1. The van der Waals surface area contributed by atoms with E-state index in [2.05, 4.69) is 32.5 Å². The molecule has 0 aliphatic heterocycles. The Balaban J connectivity index is 1.41. The summed E-state index contributed by atoms with van der Waals surface area (Å²) >= 11 is 1.62. The van der Waals surface area contributed by atoms with Gasteiger partial charge in [0.05, 0.1) is 5.69 Å². The molecular formula is C16H21N5OS. The van der Waals surface area contributed by atoms with Crippen LogP contribution in [-0.2, 0) is 17.6 Å². The second kappa shape index (κ2) is 7.50. The molecule has 7 heteroatoms. The number of nitrogens with zero attached hydrogens (tertiary/aromatic N) is 3. The van der Waals surface area contributed by atoms with Crippen molar-refractivity contribution >= 4 is 28.3 Å². The molecule has 0 fully saturated rings. The quantitative estimate of drug-likeness (QED) is 0.796. The van der Waals surface area contributed by atoms with E-state index in [0.29, 0.717) is 18.9 Å². The molecule has 0 saturated carbocycles. The molecule has 3 rings (SSSR count). The Kier molecular flexibility index (Phi) is 5.17. The van der Waals surface area contributed by atoms with Gasteiger partial charge in [0.2, 0.25) is 11.9 Å². The highest BCUT2D eigenvalue weighted by Crippen LogP contribution is 2.32. The van der Waals surface area contributed by atoms with Crippen LogP contribution in [0.4, 0.5) is 11.1 Å². The fourth-order valence-electron chi connectivity index (χ4n) is 2.61. The summed E-state index contributed by atoms with van der Waals surface area (Å²) < 4.78 is 0. The summed E-state index contributed by atoms with van der Waals surface area (Å²) in [6.07, 6.45) is 7.87. The molecule has 1 amide bonds. The van der Waals surface area contributed by atoms with Gasteiger partial charge in [0.25, 0.3) is 0 Å². The van der Waals surface area contributed by atoms with Gasteiger partial charge in [0.15, 0.2) is 5.13 Å². The third kappa shape index (κ3) is 4.48. The number of aryl methyl sites for hydroxylation is 1. The summed E-state index contributed by atoms with van der Waals surface area (Å²) in [5.41, 5.74) is 1.17. The first-order valence-electron chi connectivity index (χ1n) is 8.00. The number of carbonyl (C=O) groups excluding carboxylic acids is 1. The van der Waals surface area contributed by atoms with Gasteiger partial charge in [-0.1, -0.05) is 6.92 Å². The number of amides is 1. The lowest BCUT2D eigenvalue weighted by Crippen LogP contribution is -2.14. The number of rotatable bonds is 6. The van der Waals surface area contributed by atoms with Crippen LogP contribution in [-0.4, -0.2) is 27.4 Å². The molecule has 6 nitrogen and oxygen atoms in total. The van der Waals surface area contributed by atoms with Crippen molar-refractivity contribution in [2.24, 2.45) is 5.92 Å². The van der Waals surface area contributed by atoms with E-state index in [0.717, 1.165) is 30.3 Å². The summed E-state index contributed by atoms with van der Waals surface area (Å²) in [6, 6.07) is 1.77. The molecule has 0 saturated heterocycles. The van der Waals surface area contributed by atoms with Crippen molar-refractivity contribution in [2.45, 2.75) is 39.0 Å². The maximum Gasteiger partial charge on any atom is 0.226 e. The number of anilines is 2. The predicted molar refractivity (Wildman–Crippen MR) is 91.7 cm³/mol. The van der Waals surface area contributed by atoms with Crippen LogP contribution in [0.5, 0.6) is 0 Å². The molecule has 0 spiro atoms. The number of carbonyl (C=O) groups is 1. The van der Waals surface area contributed by atoms with Gasteiger partial charge in [-0.3, -0.25) is 4.79 Å². The number of hydrogen-bond acceptors (Lipinski definition) is 6. The normalized spacial score (nSPS) is 16.7. The average Bonchev–Trinajstić information content (AvgIpc) is 2.94. The molecule has 1 aliphatic carbocycles. The minimum Gasteiger partial charge on any atom is -0.354 e. The lowest BCUT2D eigenvalue weighted by Gasteiger charge is -2.15. The second-order valence-electron chi connectivity index (χ2n) is 5.89. The van der Waals surface area contributed by atoms with Gasteiger partial charge in [0, 0.05) is 30.2 Å². The van der Waals surface area contributed by atoms with Gasteiger partial charge < -0.3 is 10.6 Å². The van der Waals surface area contributed by atoms with Crippen LogP contribution in [0.15, 0.2) is 18.5 Å². The lowest BCUT2D eigenvalue weighted by molar-refractivity contribution is -0.116. The Morgan fingerprint density at radius 1 is 1.39 bits per heavy atom. The molecule has 122 valence electrons. The van der Waals surface area contributed by atoms with Crippen molar-refractivity contribution in [2.75, 3.05) is 17.2 Å². The highest BCUT2D eigenvalue weighted by atomic mass is 32.1. The Bertz CT molecular complexity index is 658. The van der Waals surface area contributed by atoms with Gasteiger partial charge in [-0.25, -0.2) is 15.0 Å². The molecule has 0 bridgehead atoms. The number of nitrogens with one attached hydrogen (secondary N) is 2. The molecule has 2 aromatic heterocycles. The van der Waals surface area contributed by atoms with E-state index >= 15 is 0 Å². The Hall–Kier alpha value is -2.02. The van der Waals surface area contributed by atoms with Gasteiger partial charge in [0.1, 0.15) is 0 Å². The Morgan fingerprint density at radius 3 is 3.04 bits per heavy atom. The summed E-state index contributed by atoms with van der Waals surface area (Å²) in [5.74, 6) is 1.33. The Labute approximate surface area is 139 Å². The van der Waals surface area contributed by atoms with Crippen LogP contribution < -0.4 is 10.6 Å². The zero-order chi connectivity index (χ0) is 16.1. The molecule has 2 aromatic rings. The summed E-state index contributed by atoms with van der Waals surface area (Å²) in [5, 5.41) is 6.76. The fraction of sp³-hybridized carbons (Fsp3) is 0.500. The van der Waals surface area contributed by atoms with E-state index < -0.39 is 0 Å². The number of thiazole rings is 1. The van der Waals surface area contributed by atoms with Crippen LogP contribution in [0.3, 0.4) is 0 Å². The predicted octanol–water partition coefficient (Wildman–Crippen LogP) is 2.89. The van der Waals surface area contributed by atoms with E-state index in [9.17, 15) is 4.79 Å². The Morgan fingerprint density at radius 2 is 2.22 bits per heavy atom. The van der Waals surface area contributed by atoms with Gasteiger partial charge in [-0.2, -0.15) is 0 Å². The van der Waals surface area contributed by atoms with Crippen molar-refractivity contribution in [1.82, 2.24) is 15.0 Å². The molecule has 0 unspecified atom stereocenters. The third-order valence-electron chi connectivity index (χ3n) is 3.86. The average molecular weight is 331 g/mol. The topological polar surface area (TPSA) is 79.8 Å². The second-order valence-corrected chi connectivity index (χ2v) is 6.97. The van der Waals surface area contributed by atoms with E-state index in [-0.39, 0.29) is 5.91 Å². The molecule has 2 N–H and O–H groups in total. The molecule has 23 heavy (non-hydrogen) atoms. The SMILES string of the molecule is C[C@@H]1CCc2nc(NC(=O)CCCNc3ncccn3)sc2C1. The maximum absolute atomic E-state index is 12.0. The van der Waals surface area contributed by atoms with Crippen LogP contribution in [0.1, 0.15) is 36.8 Å². The highest BCUT2D eigenvalue weighted by Gasteiger charge is 2.20. The molecule has 1 atom stereocenters. The van der Waals surface area contributed by atoms with Gasteiger partial charge in [-0.05, 0) is 37.7 Å². The van der Waals surface area contributed by atoms with Crippen molar-refractivity contribution in [1.29, 1.82) is 0 Å². The first-order chi connectivity index (χ1) is 11.2. The number of aromatic nitrogens is 3. The van der Waals surface area contributed by atoms with Gasteiger partial charge >= 0.3 is 0 Å². The zero-order valence-corrected chi connectivity index (χ0v) is 14.0. The first-order valence-corrected chi connectivity index (χ1v) is 8.81. The molecule has 2 heterocycles. The van der Waals surface area contributed by atoms with E-state index in [1.54, 1.807) is 29.8 Å². The third-order valence-corrected chi connectivity index (χ3v) is 4.90. The van der Waals surface area contributed by atoms with Crippen LogP contribution in [0.2, 0.25) is 0 Å². The van der Waals surface area contributed by atoms with E-state index in [1.807, 2.05) is 0 Å². The highest BCUT2D eigenvalue weighted by molar-refractivity contribution is 7.15. The van der Waals surface area contributed by atoms with Crippen molar-refractivity contribution < 1.29 is 4.79 Å². The largest absolute Gasteiger partial charge is 0.354 e. The summed E-state index contributed by atoms with van der Waals surface area (Å²) in [7, 11) is 0. The van der Waals surface area contributed by atoms with Crippen molar-refractivity contribution in [3.05, 3.63) is 29.0 Å².